The molecule has 0 unspecified atom stereocenters. The van der Waals surface area contributed by atoms with Gasteiger partial charge in [0.25, 0.3) is 0 Å². The quantitative estimate of drug-likeness (QED) is 0.508. The van der Waals surface area contributed by atoms with Crippen LogP contribution in [-0.4, -0.2) is 42.8 Å². The summed E-state index contributed by atoms with van der Waals surface area (Å²) in [4.78, 5) is 35.8. The van der Waals surface area contributed by atoms with E-state index < -0.39 is 12.1 Å². The number of carboxylic acids is 1. The Labute approximate surface area is 199 Å². The maximum atomic E-state index is 12.6. The molecule has 2 amide bonds. The molecule has 1 fully saturated rings. The molecule has 0 bridgehead atoms. The van der Waals surface area contributed by atoms with Gasteiger partial charge in [0, 0.05) is 25.4 Å². The van der Waals surface area contributed by atoms with Gasteiger partial charge < -0.3 is 20.5 Å². The predicted molar refractivity (Wildman–Crippen MR) is 128 cm³/mol. The van der Waals surface area contributed by atoms with Gasteiger partial charge in [-0.25, -0.2) is 4.79 Å². The highest BCUT2D eigenvalue weighted by Crippen LogP contribution is 2.44. The molecule has 1 saturated carbocycles. The number of fused-ring (bicyclic) bond motifs is 3. The summed E-state index contributed by atoms with van der Waals surface area (Å²) in [7, 11) is 0. The first-order valence-electron chi connectivity index (χ1n) is 12.0. The second-order valence-electron chi connectivity index (χ2n) is 9.41. The third-order valence-electron chi connectivity index (χ3n) is 7.06. The number of carboxylic acid groups (broad SMARTS) is 1. The molecule has 2 aliphatic rings. The number of alkyl carbamates (subject to hydrolysis) is 1. The normalized spacial score (nSPS) is 16.2. The molecular formula is C27H32N2O5. The highest BCUT2D eigenvalue weighted by molar-refractivity contribution is 5.79. The van der Waals surface area contributed by atoms with E-state index >= 15 is 0 Å². The summed E-state index contributed by atoms with van der Waals surface area (Å²) in [5.74, 6) is -1.11. The fourth-order valence-corrected chi connectivity index (χ4v) is 5.34. The Morgan fingerprint density at radius 3 is 2.15 bits per heavy atom. The molecule has 2 aromatic carbocycles. The van der Waals surface area contributed by atoms with Crippen LogP contribution in [0.2, 0.25) is 0 Å². The number of ether oxygens (including phenoxy) is 1. The summed E-state index contributed by atoms with van der Waals surface area (Å²) in [5, 5.41) is 14.4. The molecule has 3 N–H and O–H groups in total. The van der Waals surface area contributed by atoms with Crippen molar-refractivity contribution in [3.05, 3.63) is 59.7 Å². The van der Waals surface area contributed by atoms with Crippen LogP contribution in [0.15, 0.2) is 48.5 Å². The first kappa shape index (κ1) is 23.8. The van der Waals surface area contributed by atoms with E-state index in [-0.39, 0.29) is 43.2 Å². The molecule has 0 aliphatic heterocycles. The topological polar surface area (TPSA) is 105 Å². The lowest BCUT2D eigenvalue weighted by Crippen LogP contribution is -2.43. The average molecular weight is 465 g/mol. The molecular weight excluding hydrogens is 432 g/mol. The third-order valence-corrected chi connectivity index (χ3v) is 7.06. The fraction of sp³-hybridized carbons (Fsp3) is 0.444. The Hall–Kier alpha value is -3.35. The number of hydrogen-bond donors (Lipinski definition) is 3. The van der Waals surface area contributed by atoms with Gasteiger partial charge in [-0.1, -0.05) is 67.8 Å². The second kappa shape index (κ2) is 10.7. The van der Waals surface area contributed by atoms with Crippen LogP contribution < -0.4 is 10.6 Å². The largest absolute Gasteiger partial charge is 0.481 e. The van der Waals surface area contributed by atoms with E-state index in [1.807, 2.05) is 24.3 Å². The number of amides is 2. The summed E-state index contributed by atoms with van der Waals surface area (Å²) in [6, 6.07) is 16.4. The molecule has 0 atom stereocenters. The van der Waals surface area contributed by atoms with Crippen molar-refractivity contribution in [3.63, 3.8) is 0 Å². The number of benzene rings is 2. The van der Waals surface area contributed by atoms with Crippen LogP contribution in [0.4, 0.5) is 4.79 Å². The molecule has 0 aromatic heterocycles. The Morgan fingerprint density at radius 1 is 0.912 bits per heavy atom. The molecule has 0 heterocycles. The maximum absolute atomic E-state index is 12.6. The van der Waals surface area contributed by atoms with Crippen LogP contribution in [0.1, 0.15) is 62.0 Å². The van der Waals surface area contributed by atoms with Crippen molar-refractivity contribution in [1.82, 2.24) is 10.6 Å². The number of carbonyl (C=O) groups excluding carboxylic acids is 2. The molecule has 0 saturated heterocycles. The van der Waals surface area contributed by atoms with E-state index in [4.69, 9.17) is 9.84 Å². The van der Waals surface area contributed by atoms with Crippen molar-refractivity contribution < 1.29 is 24.2 Å². The Balaban J connectivity index is 1.33. The van der Waals surface area contributed by atoms with Crippen LogP contribution in [0, 0.1) is 5.41 Å². The highest BCUT2D eigenvalue weighted by Gasteiger charge is 2.35. The van der Waals surface area contributed by atoms with Gasteiger partial charge in [0.15, 0.2) is 0 Å². The zero-order valence-electron chi connectivity index (χ0n) is 19.3. The number of rotatable bonds is 9. The summed E-state index contributed by atoms with van der Waals surface area (Å²) in [6.07, 6.45) is 4.54. The lowest BCUT2D eigenvalue weighted by molar-refractivity contribution is -0.137. The third kappa shape index (κ3) is 5.58. The van der Waals surface area contributed by atoms with Gasteiger partial charge in [-0.05, 0) is 40.5 Å². The molecule has 34 heavy (non-hydrogen) atoms. The SMILES string of the molecule is O=C(O)CCNC(=O)CC1(CNC(=O)OCC2c3ccccc3-c3ccccc32)CCCCC1. The van der Waals surface area contributed by atoms with Crippen LogP contribution in [-0.2, 0) is 14.3 Å². The average Bonchev–Trinajstić information content (AvgIpc) is 3.15. The number of hydrogen-bond acceptors (Lipinski definition) is 4. The maximum Gasteiger partial charge on any atom is 0.407 e. The molecule has 7 nitrogen and oxygen atoms in total. The van der Waals surface area contributed by atoms with Crippen LogP contribution >= 0.6 is 0 Å². The summed E-state index contributed by atoms with van der Waals surface area (Å²) < 4.78 is 5.66. The minimum absolute atomic E-state index is 0.00167. The van der Waals surface area contributed by atoms with E-state index in [1.165, 1.54) is 22.3 Å². The molecule has 0 radical (unpaired) electrons. The van der Waals surface area contributed by atoms with Crippen molar-refractivity contribution in [2.45, 2.75) is 50.9 Å². The molecule has 4 rings (SSSR count). The minimum Gasteiger partial charge on any atom is -0.481 e. The number of aliphatic carboxylic acids is 1. The van der Waals surface area contributed by atoms with E-state index in [0.29, 0.717) is 6.54 Å². The smallest absolute Gasteiger partial charge is 0.407 e. The summed E-state index contributed by atoms with van der Waals surface area (Å²) >= 11 is 0. The zero-order valence-corrected chi connectivity index (χ0v) is 19.3. The van der Waals surface area contributed by atoms with Crippen molar-refractivity contribution >= 4 is 18.0 Å². The minimum atomic E-state index is -0.940. The molecule has 0 spiro atoms. The van der Waals surface area contributed by atoms with Gasteiger partial charge >= 0.3 is 12.1 Å². The monoisotopic (exact) mass is 464 g/mol. The van der Waals surface area contributed by atoms with Crippen molar-refractivity contribution in [2.24, 2.45) is 5.41 Å². The Bertz CT molecular complexity index is 999. The van der Waals surface area contributed by atoms with Crippen LogP contribution in [0.25, 0.3) is 11.1 Å². The van der Waals surface area contributed by atoms with Gasteiger partial charge in [-0.15, -0.1) is 0 Å². The van der Waals surface area contributed by atoms with E-state index in [9.17, 15) is 14.4 Å². The van der Waals surface area contributed by atoms with E-state index in [1.54, 1.807) is 0 Å². The lowest BCUT2D eigenvalue weighted by atomic mass is 9.71. The van der Waals surface area contributed by atoms with Gasteiger partial charge in [0.2, 0.25) is 5.91 Å². The van der Waals surface area contributed by atoms with Crippen LogP contribution in [0.3, 0.4) is 0 Å². The first-order valence-corrected chi connectivity index (χ1v) is 12.0. The second-order valence-corrected chi connectivity index (χ2v) is 9.41. The fourth-order valence-electron chi connectivity index (χ4n) is 5.34. The van der Waals surface area contributed by atoms with Crippen LogP contribution in [0.5, 0.6) is 0 Å². The van der Waals surface area contributed by atoms with Gasteiger partial charge in [0.05, 0.1) is 6.42 Å². The van der Waals surface area contributed by atoms with Gasteiger partial charge in [-0.2, -0.15) is 0 Å². The van der Waals surface area contributed by atoms with Crippen molar-refractivity contribution in [2.75, 3.05) is 19.7 Å². The number of nitrogens with one attached hydrogen (secondary N) is 2. The zero-order chi connectivity index (χ0) is 24.0. The molecule has 2 aromatic rings. The lowest BCUT2D eigenvalue weighted by Gasteiger charge is -2.36. The first-order chi connectivity index (χ1) is 16.5. The number of carbonyl (C=O) groups is 3. The van der Waals surface area contributed by atoms with Crippen molar-refractivity contribution in [1.29, 1.82) is 0 Å². The highest BCUT2D eigenvalue weighted by atomic mass is 16.5. The predicted octanol–water partition coefficient (Wildman–Crippen LogP) is 4.46. The van der Waals surface area contributed by atoms with E-state index in [2.05, 4.69) is 34.9 Å². The molecule has 7 heteroatoms. The van der Waals surface area contributed by atoms with Gasteiger partial charge in [-0.3, -0.25) is 9.59 Å². The van der Waals surface area contributed by atoms with Crippen molar-refractivity contribution in [3.8, 4) is 11.1 Å². The summed E-state index contributed by atoms with van der Waals surface area (Å²) in [5.41, 5.74) is 4.37. The Kier molecular flexibility index (Phi) is 7.50. The summed E-state index contributed by atoms with van der Waals surface area (Å²) in [6.45, 7) is 0.739. The van der Waals surface area contributed by atoms with Gasteiger partial charge in [0.1, 0.15) is 6.61 Å². The Morgan fingerprint density at radius 2 is 1.53 bits per heavy atom. The molecule has 180 valence electrons. The standard InChI is InChI=1S/C27H32N2O5/c30-24(28-15-12-25(31)32)16-27(13-6-1-7-14-27)18-29-26(33)34-17-23-21-10-4-2-8-19(21)20-9-3-5-11-22(20)23/h2-5,8-11,23H,1,6-7,12-18H2,(H,28,30)(H,29,33)(H,31,32). The van der Waals surface area contributed by atoms with E-state index in [0.717, 1.165) is 32.1 Å². The molecule has 2 aliphatic carbocycles.